The lowest BCUT2D eigenvalue weighted by atomic mass is 9.96. The third-order valence-electron chi connectivity index (χ3n) is 3.34. The van der Waals surface area contributed by atoms with E-state index in [4.69, 9.17) is 4.74 Å². The van der Waals surface area contributed by atoms with Crippen LogP contribution in [0.2, 0.25) is 0 Å². The zero-order chi connectivity index (χ0) is 13.7. The molecule has 1 aliphatic rings. The monoisotopic (exact) mass is 259 g/mol. The van der Waals surface area contributed by atoms with Gasteiger partial charge in [0.15, 0.2) is 0 Å². The predicted octanol–water partition coefficient (Wildman–Crippen LogP) is 3.80. The van der Waals surface area contributed by atoms with Gasteiger partial charge >= 0.3 is 5.97 Å². The molecule has 0 fully saturated rings. The molecule has 0 spiro atoms. The second-order valence-corrected chi connectivity index (χ2v) is 4.88. The van der Waals surface area contributed by atoms with Crippen LogP contribution in [0.4, 0.5) is 5.69 Å². The van der Waals surface area contributed by atoms with E-state index < -0.39 is 0 Å². The minimum absolute atomic E-state index is 0.170. The van der Waals surface area contributed by atoms with Gasteiger partial charge in [-0.05, 0) is 51.7 Å². The van der Waals surface area contributed by atoms with Gasteiger partial charge in [-0.1, -0.05) is 17.7 Å². The van der Waals surface area contributed by atoms with Gasteiger partial charge in [-0.2, -0.15) is 0 Å². The molecule has 0 heterocycles. The summed E-state index contributed by atoms with van der Waals surface area (Å²) < 4.78 is 5.13. The van der Waals surface area contributed by atoms with E-state index in [2.05, 4.69) is 24.4 Å². The molecule has 0 atom stereocenters. The molecule has 0 radical (unpaired) electrons. The number of esters is 1. The minimum atomic E-state index is -0.170. The molecule has 102 valence electrons. The van der Waals surface area contributed by atoms with Crippen molar-refractivity contribution < 1.29 is 9.53 Å². The van der Waals surface area contributed by atoms with Crippen LogP contribution in [0.15, 0.2) is 35.5 Å². The number of ether oxygens (including phenoxy) is 1. The Bertz CT molecular complexity index is 474. The molecule has 0 unspecified atom stereocenters. The summed E-state index contributed by atoms with van der Waals surface area (Å²) in [6.45, 7) is 4.34. The highest BCUT2D eigenvalue weighted by molar-refractivity contribution is 5.90. The van der Waals surface area contributed by atoms with Crippen LogP contribution >= 0.6 is 0 Å². The lowest BCUT2D eigenvalue weighted by molar-refractivity contribution is -0.138. The van der Waals surface area contributed by atoms with Crippen molar-refractivity contribution in [3.8, 4) is 0 Å². The molecule has 0 aromatic heterocycles. The van der Waals surface area contributed by atoms with E-state index in [1.54, 1.807) is 0 Å². The van der Waals surface area contributed by atoms with Crippen molar-refractivity contribution >= 4 is 11.7 Å². The maximum Gasteiger partial charge on any atom is 0.335 e. The maximum absolute atomic E-state index is 11.9. The number of benzene rings is 1. The standard InChI is InChI=1S/C16H21NO2/c1-3-19-16(18)14-6-4-5-7-15(14)17-13-10-8-12(2)9-11-13/h8-11,17H,3-7H2,1-2H3. The highest BCUT2D eigenvalue weighted by Gasteiger charge is 2.20. The zero-order valence-corrected chi connectivity index (χ0v) is 11.7. The van der Waals surface area contributed by atoms with Gasteiger partial charge in [0.2, 0.25) is 0 Å². The van der Waals surface area contributed by atoms with Gasteiger partial charge in [0.25, 0.3) is 0 Å². The first kappa shape index (κ1) is 13.7. The zero-order valence-electron chi connectivity index (χ0n) is 11.7. The van der Waals surface area contributed by atoms with E-state index in [-0.39, 0.29) is 5.97 Å². The summed E-state index contributed by atoms with van der Waals surface area (Å²) >= 11 is 0. The van der Waals surface area contributed by atoms with Crippen molar-refractivity contribution in [2.75, 3.05) is 11.9 Å². The lowest BCUT2D eigenvalue weighted by Crippen LogP contribution is -2.17. The van der Waals surface area contributed by atoms with E-state index >= 15 is 0 Å². The summed E-state index contributed by atoms with van der Waals surface area (Å²) in [6.07, 6.45) is 3.92. The molecule has 3 heteroatoms. The number of allylic oxidation sites excluding steroid dienone is 1. The average molecular weight is 259 g/mol. The number of aryl methyl sites for hydroxylation is 1. The van der Waals surface area contributed by atoms with Gasteiger partial charge in [-0.3, -0.25) is 0 Å². The number of carbonyl (C=O) groups is 1. The third kappa shape index (κ3) is 3.60. The number of hydrogen-bond acceptors (Lipinski definition) is 3. The van der Waals surface area contributed by atoms with Crippen LogP contribution in [0.1, 0.15) is 38.2 Å². The van der Waals surface area contributed by atoms with Crippen LogP contribution in [0.25, 0.3) is 0 Å². The first-order chi connectivity index (χ1) is 9.20. The van der Waals surface area contributed by atoms with Crippen molar-refractivity contribution in [3.05, 3.63) is 41.1 Å². The molecule has 0 aliphatic heterocycles. The Hall–Kier alpha value is -1.77. The fraction of sp³-hybridized carbons (Fsp3) is 0.438. The first-order valence-corrected chi connectivity index (χ1v) is 6.93. The number of nitrogens with one attached hydrogen (secondary N) is 1. The summed E-state index contributed by atoms with van der Waals surface area (Å²) in [5, 5.41) is 3.38. The van der Waals surface area contributed by atoms with Crippen LogP contribution in [0, 0.1) is 6.92 Å². The molecule has 1 aliphatic carbocycles. The van der Waals surface area contributed by atoms with Gasteiger partial charge in [0.05, 0.1) is 12.2 Å². The molecular weight excluding hydrogens is 238 g/mol. The Morgan fingerprint density at radius 2 is 1.89 bits per heavy atom. The average Bonchev–Trinajstić information content (AvgIpc) is 2.42. The van der Waals surface area contributed by atoms with Crippen LogP contribution in [0.3, 0.4) is 0 Å². The van der Waals surface area contributed by atoms with E-state index in [9.17, 15) is 4.79 Å². The van der Waals surface area contributed by atoms with Crippen LogP contribution in [-0.2, 0) is 9.53 Å². The van der Waals surface area contributed by atoms with Gasteiger partial charge in [0, 0.05) is 11.4 Å². The third-order valence-corrected chi connectivity index (χ3v) is 3.34. The smallest absolute Gasteiger partial charge is 0.335 e. The molecular formula is C16H21NO2. The van der Waals surface area contributed by atoms with Crippen molar-refractivity contribution in [2.24, 2.45) is 0 Å². The van der Waals surface area contributed by atoms with Gasteiger partial charge in [-0.15, -0.1) is 0 Å². The summed E-state index contributed by atoms with van der Waals surface area (Å²) in [7, 11) is 0. The molecule has 0 saturated heterocycles. The van der Waals surface area contributed by atoms with E-state index in [0.717, 1.165) is 42.6 Å². The minimum Gasteiger partial charge on any atom is -0.463 e. The Labute approximate surface area is 114 Å². The molecule has 0 amide bonds. The van der Waals surface area contributed by atoms with Crippen LogP contribution in [-0.4, -0.2) is 12.6 Å². The summed E-state index contributed by atoms with van der Waals surface area (Å²) in [4.78, 5) is 11.9. The largest absolute Gasteiger partial charge is 0.463 e. The molecule has 0 saturated carbocycles. The molecule has 1 aromatic carbocycles. The molecule has 1 aromatic rings. The van der Waals surface area contributed by atoms with Crippen LogP contribution < -0.4 is 5.32 Å². The van der Waals surface area contributed by atoms with Crippen molar-refractivity contribution in [2.45, 2.75) is 39.5 Å². The number of carbonyl (C=O) groups excluding carboxylic acids is 1. The van der Waals surface area contributed by atoms with E-state index in [1.165, 1.54) is 5.56 Å². The highest BCUT2D eigenvalue weighted by atomic mass is 16.5. The first-order valence-electron chi connectivity index (χ1n) is 6.93. The fourth-order valence-corrected chi connectivity index (χ4v) is 2.30. The summed E-state index contributed by atoms with van der Waals surface area (Å²) in [5.74, 6) is -0.170. The second kappa shape index (κ2) is 6.41. The van der Waals surface area contributed by atoms with Gasteiger partial charge in [0.1, 0.15) is 0 Å². The molecule has 19 heavy (non-hydrogen) atoms. The van der Waals surface area contributed by atoms with Gasteiger partial charge < -0.3 is 10.1 Å². The van der Waals surface area contributed by atoms with Crippen molar-refractivity contribution in [1.82, 2.24) is 0 Å². The van der Waals surface area contributed by atoms with Gasteiger partial charge in [-0.25, -0.2) is 4.79 Å². The topological polar surface area (TPSA) is 38.3 Å². The van der Waals surface area contributed by atoms with Crippen LogP contribution in [0.5, 0.6) is 0 Å². The molecule has 3 nitrogen and oxygen atoms in total. The fourth-order valence-electron chi connectivity index (χ4n) is 2.30. The number of rotatable bonds is 4. The SMILES string of the molecule is CCOC(=O)C1=C(Nc2ccc(C)cc2)CCCC1. The summed E-state index contributed by atoms with van der Waals surface area (Å²) in [6, 6.07) is 8.21. The number of anilines is 1. The summed E-state index contributed by atoms with van der Waals surface area (Å²) in [5.41, 5.74) is 4.10. The molecule has 1 N–H and O–H groups in total. The number of hydrogen-bond donors (Lipinski definition) is 1. The van der Waals surface area contributed by atoms with E-state index in [0.29, 0.717) is 6.61 Å². The van der Waals surface area contributed by atoms with Crippen molar-refractivity contribution in [3.63, 3.8) is 0 Å². The lowest BCUT2D eigenvalue weighted by Gasteiger charge is -2.20. The molecule has 0 bridgehead atoms. The normalized spacial score (nSPS) is 15.3. The Balaban J connectivity index is 2.18. The van der Waals surface area contributed by atoms with E-state index in [1.807, 2.05) is 19.1 Å². The van der Waals surface area contributed by atoms with Crippen molar-refractivity contribution in [1.29, 1.82) is 0 Å². The Morgan fingerprint density at radius 1 is 1.21 bits per heavy atom. The quantitative estimate of drug-likeness (QED) is 0.836. The predicted molar refractivity (Wildman–Crippen MR) is 76.9 cm³/mol. The Morgan fingerprint density at radius 3 is 2.58 bits per heavy atom. The molecule has 2 rings (SSSR count). The highest BCUT2D eigenvalue weighted by Crippen LogP contribution is 2.27. The Kier molecular flexibility index (Phi) is 4.61. The second-order valence-electron chi connectivity index (χ2n) is 4.88. The maximum atomic E-state index is 11.9.